The molecule has 0 amide bonds. The summed E-state index contributed by atoms with van der Waals surface area (Å²) in [6, 6.07) is 9.78. The number of hydrogen-bond donors (Lipinski definition) is 1. The van der Waals surface area contributed by atoms with Gasteiger partial charge in [-0.15, -0.1) is 0 Å². The van der Waals surface area contributed by atoms with E-state index >= 15 is 0 Å². The first kappa shape index (κ1) is 21.2. The van der Waals surface area contributed by atoms with E-state index in [0.29, 0.717) is 12.4 Å². The lowest BCUT2D eigenvalue weighted by Crippen LogP contribution is -2.49. The highest BCUT2D eigenvalue weighted by Crippen LogP contribution is 2.30. The van der Waals surface area contributed by atoms with Crippen molar-refractivity contribution in [3.8, 4) is 0 Å². The Kier molecular flexibility index (Phi) is 9.11. The van der Waals surface area contributed by atoms with Gasteiger partial charge >= 0.3 is 5.97 Å². The van der Waals surface area contributed by atoms with Crippen molar-refractivity contribution >= 4 is 17.5 Å². The maximum atomic E-state index is 11.2. The monoisotopic (exact) mass is 373 g/mol. The summed E-state index contributed by atoms with van der Waals surface area (Å²) in [6.07, 6.45) is 12.5. The molecule has 6 nitrogen and oxygen atoms in total. The number of carboxylic acid groups (broad SMARTS) is 1. The van der Waals surface area contributed by atoms with Crippen LogP contribution >= 0.6 is 0 Å². The van der Waals surface area contributed by atoms with Crippen molar-refractivity contribution in [2.24, 2.45) is 15.5 Å². The molecule has 6 heteroatoms. The van der Waals surface area contributed by atoms with E-state index in [-0.39, 0.29) is 11.0 Å². The van der Waals surface area contributed by atoms with Crippen molar-refractivity contribution in [1.29, 1.82) is 0 Å². The number of rotatable bonds is 14. The van der Waals surface area contributed by atoms with Gasteiger partial charge in [-0.1, -0.05) is 86.2 Å². The first-order valence-electron chi connectivity index (χ1n) is 10.3. The summed E-state index contributed by atoms with van der Waals surface area (Å²) < 4.78 is 0.101. The highest BCUT2D eigenvalue weighted by molar-refractivity contribution is 6.03. The predicted molar refractivity (Wildman–Crippen MR) is 109 cm³/mol. The normalized spacial score (nSPS) is 18.6. The number of aliphatic carboxylic acids is 1. The van der Waals surface area contributed by atoms with Crippen LogP contribution in [0.25, 0.3) is 0 Å². The van der Waals surface area contributed by atoms with E-state index in [0.717, 1.165) is 18.5 Å². The lowest BCUT2D eigenvalue weighted by Gasteiger charge is -2.26. The van der Waals surface area contributed by atoms with Crippen LogP contribution in [0.3, 0.4) is 0 Å². The number of hydrogen-bond acceptors (Lipinski definition) is 4. The van der Waals surface area contributed by atoms with Gasteiger partial charge in [-0.2, -0.15) is 0 Å². The van der Waals surface area contributed by atoms with Crippen LogP contribution in [0.1, 0.15) is 77.6 Å². The third-order valence-corrected chi connectivity index (χ3v) is 5.11. The van der Waals surface area contributed by atoms with Crippen molar-refractivity contribution in [2.75, 3.05) is 6.54 Å². The third kappa shape index (κ3) is 6.54. The molecule has 0 spiro atoms. The van der Waals surface area contributed by atoms with E-state index in [4.69, 9.17) is 0 Å². The number of carboxylic acids is 1. The number of para-hydroxylation sites is 1. The number of benzene rings is 1. The molecule has 0 aromatic heterocycles. The molecule has 0 saturated carbocycles. The molecule has 2 rings (SSSR count). The standard InChI is InChI=1S/C21H32N4O2/c1-2-3-4-5-6-7-8-9-10-14-17-25(19-15-12-11-13-16-19)20(18-21(26)27)22-23-24-25/h11-13,15-16H,2-10,14,17-18H2,1H3/p+1. The zero-order chi connectivity index (χ0) is 19.4. The molecule has 0 radical (unpaired) electrons. The number of amidine groups is 1. The average Bonchev–Trinajstić information content (AvgIpc) is 3.07. The van der Waals surface area contributed by atoms with E-state index < -0.39 is 5.97 Å². The molecule has 1 aliphatic heterocycles. The van der Waals surface area contributed by atoms with E-state index in [2.05, 4.69) is 22.5 Å². The summed E-state index contributed by atoms with van der Waals surface area (Å²) in [7, 11) is 0. The minimum absolute atomic E-state index is 0.101. The van der Waals surface area contributed by atoms with Gasteiger partial charge in [0.1, 0.15) is 13.0 Å². The van der Waals surface area contributed by atoms with Crippen molar-refractivity contribution in [3.63, 3.8) is 0 Å². The van der Waals surface area contributed by atoms with Crippen LogP contribution in [0.15, 0.2) is 45.9 Å². The van der Waals surface area contributed by atoms with Crippen LogP contribution in [-0.4, -0.2) is 23.5 Å². The van der Waals surface area contributed by atoms with Gasteiger partial charge in [-0.05, 0) is 12.8 Å². The lowest BCUT2D eigenvalue weighted by atomic mass is 10.1. The first-order valence-corrected chi connectivity index (χ1v) is 10.3. The van der Waals surface area contributed by atoms with Crippen molar-refractivity contribution in [1.82, 2.24) is 4.59 Å². The Morgan fingerprint density at radius 3 is 2.11 bits per heavy atom. The highest BCUT2D eigenvalue weighted by atomic mass is 16.4. The van der Waals surface area contributed by atoms with Gasteiger partial charge in [0.15, 0.2) is 5.69 Å². The number of quaternary nitrogens is 1. The highest BCUT2D eigenvalue weighted by Gasteiger charge is 2.42. The smallest absolute Gasteiger partial charge is 0.315 e. The molecule has 1 N–H and O–H groups in total. The number of nitrogens with zero attached hydrogens (tertiary/aromatic N) is 4. The van der Waals surface area contributed by atoms with Crippen LogP contribution in [-0.2, 0) is 4.79 Å². The Balaban J connectivity index is 1.82. The average molecular weight is 374 g/mol. The predicted octanol–water partition coefficient (Wildman–Crippen LogP) is 6.08. The molecule has 148 valence electrons. The molecule has 0 saturated heterocycles. The van der Waals surface area contributed by atoms with Crippen LogP contribution in [0.5, 0.6) is 0 Å². The summed E-state index contributed by atoms with van der Waals surface area (Å²) >= 11 is 0. The topological polar surface area (TPSA) is 74.4 Å². The SMILES string of the molecule is CCCCCCCCCCCC[N+]1(c2ccccc2)N=NN=C1CC(=O)O. The molecule has 1 aromatic carbocycles. The zero-order valence-electron chi connectivity index (χ0n) is 16.5. The molecular formula is C21H33N4O2+. The summed E-state index contributed by atoms with van der Waals surface area (Å²) in [4.78, 5) is 11.2. The Bertz CT molecular complexity index is 630. The van der Waals surface area contributed by atoms with Crippen LogP contribution < -0.4 is 4.59 Å². The fourth-order valence-corrected chi connectivity index (χ4v) is 3.57. The molecule has 27 heavy (non-hydrogen) atoms. The molecule has 0 aliphatic carbocycles. The number of carbonyl (C=O) groups is 1. The molecule has 1 aromatic rings. The molecule has 1 aliphatic rings. The Labute approximate surface area is 162 Å². The molecule has 0 bridgehead atoms. The fourth-order valence-electron chi connectivity index (χ4n) is 3.57. The molecule has 1 unspecified atom stereocenters. The van der Waals surface area contributed by atoms with Crippen LogP contribution in [0.2, 0.25) is 0 Å². The Hall–Kier alpha value is -2.08. The fraction of sp³-hybridized carbons (Fsp3) is 0.619. The third-order valence-electron chi connectivity index (χ3n) is 5.11. The second kappa shape index (κ2) is 11.6. The summed E-state index contributed by atoms with van der Waals surface area (Å²) in [6.45, 7) is 2.95. The zero-order valence-corrected chi connectivity index (χ0v) is 16.5. The summed E-state index contributed by atoms with van der Waals surface area (Å²) in [5.41, 5.74) is 0.926. The van der Waals surface area contributed by atoms with E-state index in [1.54, 1.807) is 0 Å². The second-order valence-electron chi connectivity index (χ2n) is 7.28. The van der Waals surface area contributed by atoms with Gasteiger partial charge in [-0.25, -0.2) is 0 Å². The van der Waals surface area contributed by atoms with E-state index in [9.17, 15) is 9.90 Å². The second-order valence-corrected chi connectivity index (χ2v) is 7.28. The van der Waals surface area contributed by atoms with Gasteiger partial charge < -0.3 is 5.11 Å². The first-order chi connectivity index (χ1) is 13.2. The van der Waals surface area contributed by atoms with Crippen molar-refractivity contribution < 1.29 is 9.90 Å². The van der Waals surface area contributed by atoms with Gasteiger partial charge in [0.05, 0.1) is 5.22 Å². The minimum Gasteiger partial charge on any atom is -0.481 e. The quantitative estimate of drug-likeness (QED) is 0.317. The molecular weight excluding hydrogens is 340 g/mol. The number of unbranched alkanes of at least 4 members (excludes halogenated alkanes) is 9. The molecule has 0 fully saturated rings. The van der Waals surface area contributed by atoms with Crippen molar-refractivity contribution in [3.05, 3.63) is 30.3 Å². The van der Waals surface area contributed by atoms with Crippen LogP contribution in [0.4, 0.5) is 5.69 Å². The van der Waals surface area contributed by atoms with Gasteiger partial charge in [0.2, 0.25) is 0 Å². The van der Waals surface area contributed by atoms with Crippen LogP contribution in [0, 0.1) is 0 Å². The van der Waals surface area contributed by atoms with Gasteiger partial charge in [0.25, 0.3) is 5.84 Å². The summed E-state index contributed by atoms with van der Waals surface area (Å²) in [5.74, 6) is -0.410. The van der Waals surface area contributed by atoms with E-state index in [1.165, 1.54) is 51.4 Å². The Morgan fingerprint density at radius 1 is 0.926 bits per heavy atom. The maximum Gasteiger partial charge on any atom is 0.315 e. The summed E-state index contributed by atoms with van der Waals surface area (Å²) in [5, 5.41) is 21.4. The Morgan fingerprint density at radius 2 is 1.52 bits per heavy atom. The largest absolute Gasteiger partial charge is 0.481 e. The van der Waals surface area contributed by atoms with Crippen molar-refractivity contribution in [2.45, 2.75) is 77.6 Å². The molecule has 1 heterocycles. The lowest BCUT2D eigenvalue weighted by molar-refractivity contribution is -0.135. The molecule has 1 atom stereocenters. The van der Waals surface area contributed by atoms with Gasteiger partial charge in [-0.3, -0.25) is 4.79 Å². The van der Waals surface area contributed by atoms with Gasteiger partial charge in [0, 0.05) is 17.4 Å². The minimum atomic E-state index is -0.900. The van der Waals surface area contributed by atoms with E-state index in [1.807, 2.05) is 30.3 Å². The maximum absolute atomic E-state index is 11.2.